The SMILES string of the molecule is CC(N)CNc1nc(Nc2ccc(N)cc2)c2c(n1)c(C(C)C)nn2C(C)C. The number of nitrogens with one attached hydrogen (secondary N) is 2. The van der Waals surface area contributed by atoms with Gasteiger partial charge in [0.2, 0.25) is 5.95 Å². The van der Waals surface area contributed by atoms with Gasteiger partial charge in [0.25, 0.3) is 0 Å². The second kappa shape index (κ2) is 8.02. The van der Waals surface area contributed by atoms with E-state index in [9.17, 15) is 0 Å². The van der Waals surface area contributed by atoms with Crippen molar-refractivity contribution in [2.45, 2.75) is 52.6 Å². The van der Waals surface area contributed by atoms with Gasteiger partial charge in [0.15, 0.2) is 5.82 Å². The molecule has 0 spiro atoms. The lowest BCUT2D eigenvalue weighted by molar-refractivity contribution is 0.539. The molecule has 1 unspecified atom stereocenters. The molecule has 2 aromatic heterocycles. The lowest BCUT2D eigenvalue weighted by Gasteiger charge is -2.14. The van der Waals surface area contributed by atoms with E-state index in [-0.39, 0.29) is 18.0 Å². The van der Waals surface area contributed by atoms with Crippen LogP contribution in [0.3, 0.4) is 0 Å². The van der Waals surface area contributed by atoms with Crippen LogP contribution in [-0.4, -0.2) is 32.3 Å². The number of hydrogen-bond acceptors (Lipinski definition) is 7. The Hall–Kier alpha value is -2.87. The third-order valence-corrected chi connectivity index (χ3v) is 4.36. The number of nitrogens with zero attached hydrogens (tertiary/aromatic N) is 4. The Labute approximate surface area is 165 Å². The van der Waals surface area contributed by atoms with Crippen molar-refractivity contribution >= 4 is 34.2 Å². The van der Waals surface area contributed by atoms with Gasteiger partial charge in [-0.15, -0.1) is 0 Å². The Morgan fingerprint density at radius 1 is 1.04 bits per heavy atom. The van der Waals surface area contributed by atoms with Crippen molar-refractivity contribution in [3.05, 3.63) is 30.0 Å². The first kappa shape index (κ1) is 19.9. The van der Waals surface area contributed by atoms with E-state index in [1.54, 1.807) is 0 Å². The van der Waals surface area contributed by atoms with Crippen molar-refractivity contribution < 1.29 is 0 Å². The quantitative estimate of drug-likeness (QED) is 0.461. The largest absolute Gasteiger partial charge is 0.399 e. The van der Waals surface area contributed by atoms with Gasteiger partial charge in [0, 0.05) is 30.0 Å². The maximum atomic E-state index is 5.89. The van der Waals surface area contributed by atoms with Crippen LogP contribution < -0.4 is 22.1 Å². The van der Waals surface area contributed by atoms with E-state index in [0.29, 0.717) is 24.0 Å². The normalized spacial score (nSPS) is 12.7. The molecule has 0 amide bonds. The van der Waals surface area contributed by atoms with Crippen LogP contribution in [0.25, 0.3) is 11.0 Å². The highest BCUT2D eigenvalue weighted by molar-refractivity contribution is 5.91. The molecule has 2 heterocycles. The van der Waals surface area contributed by atoms with Crippen molar-refractivity contribution in [2.75, 3.05) is 22.9 Å². The first-order valence-corrected chi connectivity index (χ1v) is 9.68. The van der Waals surface area contributed by atoms with Crippen molar-refractivity contribution in [1.29, 1.82) is 0 Å². The molecule has 0 fully saturated rings. The number of hydrogen-bond donors (Lipinski definition) is 4. The molecule has 8 heteroatoms. The van der Waals surface area contributed by atoms with Gasteiger partial charge in [-0.1, -0.05) is 13.8 Å². The lowest BCUT2D eigenvalue weighted by atomic mass is 10.1. The number of benzene rings is 1. The zero-order valence-electron chi connectivity index (χ0n) is 17.2. The first-order chi connectivity index (χ1) is 13.3. The van der Waals surface area contributed by atoms with Gasteiger partial charge in [-0.05, 0) is 51.0 Å². The third-order valence-electron chi connectivity index (χ3n) is 4.36. The van der Waals surface area contributed by atoms with E-state index in [4.69, 9.17) is 26.5 Å². The summed E-state index contributed by atoms with van der Waals surface area (Å²) >= 11 is 0. The Kier molecular flexibility index (Phi) is 5.69. The molecule has 150 valence electrons. The second-order valence-electron chi connectivity index (χ2n) is 7.78. The van der Waals surface area contributed by atoms with Crippen molar-refractivity contribution in [1.82, 2.24) is 19.7 Å². The summed E-state index contributed by atoms with van der Waals surface area (Å²) in [7, 11) is 0. The summed E-state index contributed by atoms with van der Waals surface area (Å²) in [5.41, 5.74) is 16.0. The summed E-state index contributed by atoms with van der Waals surface area (Å²) in [5.74, 6) is 1.48. The summed E-state index contributed by atoms with van der Waals surface area (Å²) in [5, 5.41) is 11.5. The zero-order valence-corrected chi connectivity index (χ0v) is 17.2. The fourth-order valence-corrected chi connectivity index (χ4v) is 2.95. The van der Waals surface area contributed by atoms with Crippen molar-refractivity contribution in [2.24, 2.45) is 5.73 Å². The monoisotopic (exact) mass is 382 g/mol. The summed E-state index contributed by atoms with van der Waals surface area (Å²) < 4.78 is 1.99. The van der Waals surface area contributed by atoms with E-state index >= 15 is 0 Å². The molecule has 1 aromatic carbocycles. The number of nitrogens with two attached hydrogens (primary N) is 2. The molecule has 3 aromatic rings. The van der Waals surface area contributed by atoms with E-state index in [0.717, 1.165) is 22.4 Å². The summed E-state index contributed by atoms with van der Waals surface area (Å²) in [6, 6.07) is 7.74. The molecule has 3 rings (SSSR count). The summed E-state index contributed by atoms with van der Waals surface area (Å²) in [4.78, 5) is 9.49. The minimum atomic E-state index is -0.00392. The Bertz CT molecular complexity index is 941. The maximum absolute atomic E-state index is 5.89. The molecule has 0 bridgehead atoms. The average Bonchev–Trinajstić information content (AvgIpc) is 3.02. The van der Waals surface area contributed by atoms with Crippen LogP contribution in [0.4, 0.5) is 23.1 Å². The topological polar surface area (TPSA) is 120 Å². The highest BCUT2D eigenvalue weighted by Gasteiger charge is 2.22. The first-order valence-electron chi connectivity index (χ1n) is 9.68. The van der Waals surface area contributed by atoms with E-state index in [1.165, 1.54) is 0 Å². The van der Waals surface area contributed by atoms with E-state index < -0.39 is 0 Å². The van der Waals surface area contributed by atoms with E-state index in [1.807, 2.05) is 35.9 Å². The Balaban J connectivity index is 2.17. The van der Waals surface area contributed by atoms with Crippen LogP contribution in [0.15, 0.2) is 24.3 Å². The van der Waals surface area contributed by atoms with Gasteiger partial charge in [-0.25, -0.2) is 4.98 Å². The van der Waals surface area contributed by atoms with Crippen LogP contribution in [-0.2, 0) is 0 Å². The van der Waals surface area contributed by atoms with Crippen LogP contribution >= 0.6 is 0 Å². The average molecular weight is 383 g/mol. The standard InChI is InChI=1S/C20H30N8/c1-11(2)16-17-18(28(27-16)12(3)4)19(24-15-8-6-14(22)7-9-15)26-20(25-17)23-10-13(5)21/h6-9,11-13H,10,21-22H2,1-5H3,(H2,23,24,25,26). The van der Waals surface area contributed by atoms with Gasteiger partial charge >= 0.3 is 0 Å². The minimum Gasteiger partial charge on any atom is -0.399 e. The molecule has 0 aliphatic rings. The maximum Gasteiger partial charge on any atom is 0.225 e. The molecule has 8 nitrogen and oxygen atoms in total. The fourth-order valence-electron chi connectivity index (χ4n) is 2.95. The number of aromatic nitrogens is 4. The minimum absolute atomic E-state index is 0.00392. The Morgan fingerprint density at radius 2 is 1.71 bits per heavy atom. The van der Waals surface area contributed by atoms with Crippen LogP contribution in [0, 0.1) is 0 Å². The molecule has 0 aliphatic heterocycles. The zero-order chi connectivity index (χ0) is 20.4. The van der Waals surface area contributed by atoms with Crippen molar-refractivity contribution in [3.63, 3.8) is 0 Å². The summed E-state index contributed by atoms with van der Waals surface area (Å²) in [6.07, 6.45) is 0. The molecule has 0 saturated carbocycles. The third kappa shape index (κ3) is 4.17. The number of rotatable bonds is 7. The molecule has 28 heavy (non-hydrogen) atoms. The lowest BCUT2D eigenvalue weighted by Crippen LogP contribution is -2.26. The highest BCUT2D eigenvalue weighted by Crippen LogP contribution is 2.32. The van der Waals surface area contributed by atoms with Gasteiger partial charge in [0.1, 0.15) is 11.0 Å². The molecular formula is C20H30N8. The number of anilines is 4. The van der Waals surface area contributed by atoms with Crippen LogP contribution in [0.2, 0.25) is 0 Å². The van der Waals surface area contributed by atoms with Gasteiger partial charge < -0.3 is 22.1 Å². The molecule has 1 atom stereocenters. The molecule has 6 N–H and O–H groups in total. The van der Waals surface area contributed by atoms with Gasteiger partial charge in [-0.2, -0.15) is 10.1 Å². The molecule has 0 radical (unpaired) electrons. The predicted octanol–water partition coefficient (Wildman–Crippen LogP) is 3.62. The van der Waals surface area contributed by atoms with Crippen LogP contribution in [0.5, 0.6) is 0 Å². The van der Waals surface area contributed by atoms with Gasteiger partial charge in [-0.3, -0.25) is 4.68 Å². The Morgan fingerprint density at radius 3 is 2.29 bits per heavy atom. The predicted molar refractivity (Wildman–Crippen MR) is 116 cm³/mol. The molecule has 0 saturated heterocycles. The summed E-state index contributed by atoms with van der Waals surface area (Å²) in [6.45, 7) is 11.0. The smallest absolute Gasteiger partial charge is 0.225 e. The van der Waals surface area contributed by atoms with Crippen molar-refractivity contribution in [3.8, 4) is 0 Å². The number of fused-ring (bicyclic) bond motifs is 1. The van der Waals surface area contributed by atoms with E-state index in [2.05, 4.69) is 38.3 Å². The van der Waals surface area contributed by atoms with Crippen LogP contribution in [0.1, 0.15) is 52.3 Å². The fraction of sp³-hybridized carbons (Fsp3) is 0.450. The second-order valence-corrected chi connectivity index (χ2v) is 7.78. The van der Waals surface area contributed by atoms with Gasteiger partial charge in [0.05, 0.1) is 5.69 Å². The highest BCUT2D eigenvalue weighted by atomic mass is 15.3. The number of nitrogen functional groups attached to an aromatic ring is 1. The molecular weight excluding hydrogens is 352 g/mol. The molecule has 0 aliphatic carbocycles.